The van der Waals surface area contributed by atoms with Gasteiger partial charge in [-0.2, -0.15) is 0 Å². The first-order chi connectivity index (χ1) is 6.81. The van der Waals surface area contributed by atoms with Crippen molar-refractivity contribution >= 4 is 5.97 Å². The highest BCUT2D eigenvalue weighted by Crippen LogP contribution is 2.33. The van der Waals surface area contributed by atoms with Crippen molar-refractivity contribution < 1.29 is 9.53 Å². The zero-order valence-corrected chi connectivity index (χ0v) is 8.79. The number of hydrogen-bond acceptors (Lipinski definition) is 3. The van der Waals surface area contributed by atoms with Crippen LogP contribution < -0.4 is 5.32 Å². The Balaban J connectivity index is 2.01. The van der Waals surface area contributed by atoms with Crippen LogP contribution in [-0.4, -0.2) is 25.2 Å². The summed E-state index contributed by atoms with van der Waals surface area (Å²) in [6, 6.07) is 0.558. The largest absolute Gasteiger partial charge is 0.466 e. The van der Waals surface area contributed by atoms with E-state index in [2.05, 4.69) is 5.32 Å². The molecule has 3 heteroatoms. The minimum atomic E-state index is 0.0332. The molecule has 0 aromatic carbocycles. The van der Waals surface area contributed by atoms with Crippen molar-refractivity contribution in [3.05, 3.63) is 0 Å². The summed E-state index contributed by atoms with van der Waals surface area (Å²) in [5.74, 6) is 0.724. The number of esters is 1. The lowest BCUT2D eigenvalue weighted by molar-refractivity contribution is -0.151. The monoisotopic (exact) mass is 197 g/mol. The third-order valence-electron chi connectivity index (χ3n) is 3.49. The second-order valence-electron chi connectivity index (χ2n) is 4.39. The number of carbonyl (C=O) groups is 1. The Hall–Kier alpha value is -0.570. The van der Waals surface area contributed by atoms with Crippen molar-refractivity contribution in [2.45, 2.75) is 38.6 Å². The molecule has 1 saturated carbocycles. The Morgan fingerprint density at radius 1 is 1.50 bits per heavy atom. The molecule has 2 bridgehead atoms. The number of hydrogen-bond donors (Lipinski definition) is 1. The fourth-order valence-corrected chi connectivity index (χ4v) is 2.73. The molecule has 3 unspecified atom stereocenters. The van der Waals surface area contributed by atoms with Crippen LogP contribution >= 0.6 is 0 Å². The van der Waals surface area contributed by atoms with Gasteiger partial charge in [0.1, 0.15) is 0 Å². The van der Waals surface area contributed by atoms with Crippen LogP contribution in [0, 0.1) is 11.8 Å². The third-order valence-corrected chi connectivity index (χ3v) is 3.49. The lowest BCUT2D eigenvalue weighted by atomic mass is 9.84. The molecule has 0 radical (unpaired) electrons. The van der Waals surface area contributed by atoms with Crippen LogP contribution in [-0.2, 0) is 9.53 Å². The van der Waals surface area contributed by atoms with Gasteiger partial charge >= 0.3 is 5.97 Å². The van der Waals surface area contributed by atoms with Gasteiger partial charge in [0.15, 0.2) is 0 Å². The molecular weight excluding hydrogens is 178 g/mol. The van der Waals surface area contributed by atoms with Gasteiger partial charge in [0.25, 0.3) is 0 Å². The van der Waals surface area contributed by atoms with Crippen molar-refractivity contribution in [3.8, 4) is 0 Å². The van der Waals surface area contributed by atoms with E-state index in [9.17, 15) is 4.79 Å². The van der Waals surface area contributed by atoms with E-state index in [1.54, 1.807) is 0 Å². The minimum Gasteiger partial charge on any atom is -0.466 e. The summed E-state index contributed by atoms with van der Waals surface area (Å²) >= 11 is 0. The first-order valence-electron chi connectivity index (χ1n) is 5.71. The summed E-state index contributed by atoms with van der Waals surface area (Å²) in [4.78, 5) is 11.7. The highest BCUT2D eigenvalue weighted by molar-refractivity contribution is 5.73. The Kier molecular flexibility index (Phi) is 3.06. The molecule has 2 aliphatic heterocycles. The normalized spacial score (nSPS) is 36.5. The van der Waals surface area contributed by atoms with Gasteiger partial charge in [0.05, 0.1) is 12.5 Å². The standard InChI is InChI=1S/C11H19NO2/c1-2-14-11(13)10-6-9-5-3-4-8(10)7-12-9/h8-10,12H,2-7H2,1H3. The molecule has 2 heterocycles. The van der Waals surface area contributed by atoms with Crippen molar-refractivity contribution in [2.75, 3.05) is 13.2 Å². The molecule has 0 aromatic heterocycles. The zero-order valence-electron chi connectivity index (χ0n) is 8.79. The van der Waals surface area contributed by atoms with Crippen LogP contribution in [0.25, 0.3) is 0 Å². The van der Waals surface area contributed by atoms with Gasteiger partial charge in [-0.05, 0) is 38.6 Å². The minimum absolute atomic E-state index is 0.0332. The number of nitrogens with one attached hydrogen (secondary N) is 1. The Morgan fingerprint density at radius 3 is 3.14 bits per heavy atom. The number of fused-ring (bicyclic) bond motifs is 4. The Labute approximate surface area is 85.2 Å². The predicted molar refractivity (Wildman–Crippen MR) is 53.9 cm³/mol. The average Bonchev–Trinajstić information content (AvgIpc) is 2.52. The summed E-state index contributed by atoms with van der Waals surface area (Å²) in [7, 11) is 0. The number of carbonyl (C=O) groups excluding carboxylic acids is 1. The molecule has 80 valence electrons. The number of rotatable bonds is 2. The van der Waals surface area contributed by atoms with E-state index in [1.807, 2.05) is 6.92 Å². The van der Waals surface area contributed by atoms with Crippen LogP contribution in [0.15, 0.2) is 0 Å². The van der Waals surface area contributed by atoms with Crippen molar-refractivity contribution in [2.24, 2.45) is 11.8 Å². The topological polar surface area (TPSA) is 38.3 Å². The van der Waals surface area contributed by atoms with Gasteiger partial charge in [-0.15, -0.1) is 0 Å². The van der Waals surface area contributed by atoms with Crippen LogP contribution in [0.4, 0.5) is 0 Å². The number of ether oxygens (including phenoxy) is 1. The van der Waals surface area contributed by atoms with Crippen LogP contribution in [0.5, 0.6) is 0 Å². The molecule has 14 heavy (non-hydrogen) atoms. The molecule has 0 spiro atoms. The van der Waals surface area contributed by atoms with Gasteiger partial charge in [-0.25, -0.2) is 0 Å². The molecule has 0 aromatic rings. The van der Waals surface area contributed by atoms with Crippen LogP contribution in [0.2, 0.25) is 0 Å². The third kappa shape index (κ3) is 1.92. The van der Waals surface area contributed by atoms with E-state index in [4.69, 9.17) is 4.74 Å². The predicted octanol–water partition coefficient (Wildman–Crippen LogP) is 1.33. The lowest BCUT2D eigenvalue weighted by Gasteiger charge is -2.31. The molecule has 3 fully saturated rings. The van der Waals surface area contributed by atoms with Crippen molar-refractivity contribution in [1.82, 2.24) is 5.32 Å². The summed E-state index contributed by atoms with van der Waals surface area (Å²) in [6.07, 6.45) is 4.67. The fourth-order valence-electron chi connectivity index (χ4n) is 2.73. The SMILES string of the molecule is CCOC(=O)C1CC2CCCC1CN2. The van der Waals surface area contributed by atoms with Gasteiger partial charge in [-0.1, -0.05) is 6.42 Å². The molecular formula is C11H19NO2. The first-order valence-corrected chi connectivity index (χ1v) is 5.71. The molecule has 3 rings (SSSR count). The highest BCUT2D eigenvalue weighted by Gasteiger charge is 2.37. The van der Waals surface area contributed by atoms with E-state index in [-0.39, 0.29) is 11.9 Å². The summed E-state index contributed by atoms with van der Waals surface area (Å²) in [6.45, 7) is 3.40. The van der Waals surface area contributed by atoms with Crippen molar-refractivity contribution in [1.29, 1.82) is 0 Å². The summed E-state index contributed by atoms with van der Waals surface area (Å²) in [5, 5.41) is 3.50. The molecule has 2 saturated heterocycles. The first kappa shape index (κ1) is 9.97. The van der Waals surface area contributed by atoms with E-state index in [0.29, 0.717) is 18.6 Å². The van der Waals surface area contributed by atoms with Gasteiger partial charge in [-0.3, -0.25) is 4.79 Å². The van der Waals surface area contributed by atoms with Crippen LogP contribution in [0.1, 0.15) is 32.6 Å². The number of piperidine rings is 1. The van der Waals surface area contributed by atoms with E-state index in [0.717, 1.165) is 13.0 Å². The average molecular weight is 197 g/mol. The zero-order chi connectivity index (χ0) is 9.97. The second-order valence-corrected chi connectivity index (χ2v) is 4.39. The molecule has 0 amide bonds. The van der Waals surface area contributed by atoms with Gasteiger partial charge in [0, 0.05) is 6.04 Å². The van der Waals surface area contributed by atoms with E-state index in [1.165, 1.54) is 19.3 Å². The Morgan fingerprint density at radius 2 is 2.36 bits per heavy atom. The molecule has 1 N–H and O–H groups in total. The smallest absolute Gasteiger partial charge is 0.309 e. The summed E-state index contributed by atoms with van der Waals surface area (Å²) < 4.78 is 5.12. The van der Waals surface area contributed by atoms with Gasteiger partial charge < -0.3 is 10.1 Å². The van der Waals surface area contributed by atoms with E-state index >= 15 is 0 Å². The maximum absolute atomic E-state index is 11.7. The molecule has 3 atom stereocenters. The van der Waals surface area contributed by atoms with Gasteiger partial charge in [0.2, 0.25) is 0 Å². The fraction of sp³-hybridized carbons (Fsp3) is 0.909. The highest BCUT2D eigenvalue weighted by atomic mass is 16.5. The quantitative estimate of drug-likeness (QED) is 0.679. The maximum atomic E-state index is 11.7. The molecule has 3 aliphatic rings. The van der Waals surface area contributed by atoms with E-state index < -0.39 is 0 Å². The molecule has 1 aliphatic carbocycles. The van der Waals surface area contributed by atoms with Crippen molar-refractivity contribution in [3.63, 3.8) is 0 Å². The lowest BCUT2D eigenvalue weighted by Crippen LogP contribution is -2.44. The summed E-state index contributed by atoms with van der Waals surface area (Å²) in [5.41, 5.74) is 0. The second kappa shape index (κ2) is 4.30. The Bertz CT molecular complexity index is 213. The maximum Gasteiger partial charge on any atom is 0.309 e. The van der Waals surface area contributed by atoms with Crippen LogP contribution in [0.3, 0.4) is 0 Å². The molecule has 3 nitrogen and oxygen atoms in total.